The van der Waals surface area contributed by atoms with E-state index >= 15 is 0 Å². The van der Waals surface area contributed by atoms with E-state index in [2.05, 4.69) is 4.90 Å². The second kappa shape index (κ2) is 8.02. The molecule has 0 spiro atoms. The Balaban J connectivity index is 1.47. The molecule has 3 saturated heterocycles. The highest BCUT2D eigenvalue weighted by molar-refractivity contribution is 6.04. The van der Waals surface area contributed by atoms with Gasteiger partial charge in [-0.2, -0.15) is 0 Å². The number of amides is 4. The Bertz CT molecular complexity index is 790. The summed E-state index contributed by atoms with van der Waals surface area (Å²) in [6.45, 7) is 3.03. The minimum absolute atomic E-state index is 0.0487. The average Bonchev–Trinajstić information content (AvgIpc) is 3.30. The summed E-state index contributed by atoms with van der Waals surface area (Å²) in [5, 5.41) is 0. The summed E-state index contributed by atoms with van der Waals surface area (Å²) in [4.78, 5) is 44.6. The lowest BCUT2D eigenvalue weighted by atomic mass is 10.1. The Morgan fingerprint density at radius 3 is 2.41 bits per heavy atom. The first-order valence-corrected chi connectivity index (χ1v) is 10.5. The van der Waals surface area contributed by atoms with Gasteiger partial charge in [0.1, 0.15) is 6.04 Å². The fourth-order valence-corrected chi connectivity index (χ4v) is 4.77. The van der Waals surface area contributed by atoms with Crippen LogP contribution in [0.25, 0.3) is 0 Å². The lowest BCUT2D eigenvalue weighted by Crippen LogP contribution is -2.46. The first-order chi connectivity index (χ1) is 14.0. The first-order valence-electron chi connectivity index (χ1n) is 10.5. The van der Waals surface area contributed by atoms with Gasteiger partial charge in [0, 0.05) is 25.0 Å². The molecule has 0 bridgehead atoms. The van der Waals surface area contributed by atoms with Crippen LogP contribution < -0.4 is 15.5 Å². The van der Waals surface area contributed by atoms with E-state index in [0.29, 0.717) is 18.8 Å². The van der Waals surface area contributed by atoms with Crippen molar-refractivity contribution in [1.82, 2.24) is 9.80 Å². The maximum atomic E-state index is 12.8. The van der Waals surface area contributed by atoms with Gasteiger partial charge in [0.2, 0.25) is 11.8 Å². The number of likely N-dealkylation sites (N-methyl/N-ethyl adjacent to an activating group) is 1. The molecule has 2 atom stereocenters. The number of nitrogens with two attached hydrogens (primary N) is 1. The third-order valence-electron chi connectivity index (χ3n) is 6.38. The molecule has 8 heteroatoms. The molecule has 1 unspecified atom stereocenters. The molecule has 4 amide bonds. The van der Waals surface area contributed by atoms with E-state index in [0.717, 1.165) is 44.5 Å². The van der Waals surface area contributed by atoms with Crippen molar-refractivity contribution in [3.63, 3.8) is 0 Å². The van der Waals surface area contributed by atoms with Crippen molar-refractivity contribution in [2.45, 2.75) is 44.2 Å². The van der Waals surface area contributed by atoms with Crippen molar-refractivity contribution < 1.29 is 14.4 Å². The SMILES string of the molecule is CN(C(=O)CN1CCCCC1)c1ccc(N2C(=O)N3CCC[C@@H]3C2C(N)=O)cc1. The van der Waals surface area contributed by atoms with Crippen LogP contribution in [0.2, 0.25) is 0 Å². The number of anilines is 2. The van der Waals surface area contributed by atoms with Crippen LogP contribution in [0.4, 0.5) is 16.2 Å². The fraction of sp³-hybridized carbons (Fsp3) is 0.571. The molecular weight excluding hydrogens is 370 g/mol. The molecule has 8 nitrogen and oxygen atoms in total. The highest BCUT2D eigenvalue weighted by Gasteiger charge is 2.51. The topological polar surface area (TPSA) is 90.2 Å². The smallest absolute Gasteiger partial charge is 0.325 e. The quantitative estimate of drug-likeness (QED) is 0.810. The van der Waals surface area contributed by atoms with Gasteiger partial charge in [0.05, 0.1) is 12.6 Å². The second-order valence-electron chi connectivity index (χ2n) is 8.21. The number of benzene rings is 1. The number of hydrogen-bond donors (Lipinski definition) is 1. The van der Waals surface area contributed by atoms with Gasteiger partial charge in [-0.25, -0.2) is 4.79 Å². The van der Waals surface area contributed by atoms with Gasteiger partial charge in [-0.15, -0.1) is 0 Å². The van der Waals surface area contributed by atoms with Gasteiger partial charge >= 0.3 is 6.03 Å². The Morgan fingerprint density at radius 2 is 1.76 bits per heavy atom. The normalized spacial score (nSPS) is 24.7. The van der Waals surface area contributed by atoms with Gasteiger partial charge in [0.15, 0.2) is 0 Å². The molecule has 3 aliphatic rings. The second-order valence-corrected chi connectivity index (χ2v) is 8.21. The molecule has 4 rings (SSSR count). The Hall–Kier alpha value is -2.61. The molecule has 29 heavy (non-hydrogen) atoms. The number of urea groups is 1. The number of likely N-dealkylation sites (tertiary alicyclic amines) is 1. The maximum Gasteiger partial charge on any atom is 0.325 e. The van der Waals surface area contributed by atoms with Crippen LogP contribution in [0.5, 0.6) is 0 Å². The van der Waals surface area contributed by atoms with Crippen molar-refractivity contribution in [2.75, 3.05) is 43.0 Å². The molecule has 1 aromatic rings. The van der Waals surface area contributed by atoms with Crippen LogP contribution in [0.3, 0.4) is 0 Å². The zero-order chi connectivity index (χ0) is 20.5. The summed E-state index contributed by atoms with van der Waals surface area (Å²) in [6, 6.07) is 6.25. The van der Waals surface area contributed by atoms with Gasteiger partial charge in [-0.3, -0.25) is 19.4 Å². The van der Waals surface area contributed by atoms with Crippen LogP contribution in [-0.2, 0) is 9.59 Å². The van der Waals surface area contributed by atoms with Crippen molar-refractivity contribution in [3.05, 3.63) is 24.3 Å². The van der Waals surface area contributed by atoms with E-state index in [4.69, 9.17) is 5.73 Å². The lowest BCUT2D eigenvalue weighted by Gasteiger charge is -2.28. The minimum atomic E-state index is -0.644. The zero-order valence-corrected chi connectivity index (χ0v) is 16.9. The summed E-state index contributed by atoms with van der Waals surface area (Å²) in [5.74, 6) is -0.432. The lowest BCUT2D eigenvalue weighted by molar-refractivity contribution is -0.120. The van der Waals surface area contributed by atoms with Gasteiger partial charge in [-0.1, -0.05) is 6.42 Å². The molecule has 156 valence electrons. The highest BCUT2D eigenvalue weighted by atomic mass is 16.2. The number of hydrogen-bond acceptors (Lipinski definition) is 4. The summed E-state index contributed by atoms with van der Waals surface area (Å²) in [7, 11) is 1.77. The zero-order valence-electron chi connectivity index (χ0n) is 16.9. The molecule has 0 aliphatic carbocycles. The molecule has 3 fully saturated rings. The molecule has 0 aromatic heterocycles. The Kier molecular flexibility index (Phi) is 5.45. The van der Waals surface area contributed by atoms with Crippen molar-refractivity contribution in [3.8, 4) is 0 Å². The number of nitrogens with zero attached hydrogens (tertiary/aromatic N) is 4. The molecular formula is C21H29N5O3. The van der Waals surface area contributed by atoms with Crippen LogP contribution >= 0.6 is 0 Å². The summed E-state index contributed by atoms with van der Waals surface area (Å²) < 4.78 is 0. The molecule has 2 N–H and O–H groups in total. The van der Waals surface area contributed by atoms with Crippen LogP contribution in [0.15, 0.2) is 24.3 Å². The van der Waals surface area contributed by atoms with Gasteiger partial charge in [0.25, 0.3) is 0 Å². The molecule has 3 aliphatic heterocycles. The summed E-state index contributed by atoms with van der Waals surface area (Å²) in [6.07, 6.45) is 5.23. The summed E-state index contributed by atoms with van der Waals surface area (Å²) >= 11 is 0. The first kappa shape index (κ1) is 19.7. The van der Waals surface area contributed by atoms with Crippen LogP contribution in [0, 0.1) is 0 Å². The largest absolute Gasteiger partial charge is 0.368 e. The van der Waals surface area contributed by atoms with Crippen LogP contribution in [-0.4, -0.2) is 73.0 Å². The number of fused-ring (bicyclic) bond motifs is 1. The van der Waals surface area contributed by atoms with Gasteiger partial charge in [-0.05, 0) is 63.0 Å². The predicted molar refractivity (Wildman–Crippen MR) is 111 cm³/mol. The number of rotatable bonds is 5. The van der Waals surface area contributed by atoms with Crippen LogP contribution in [0.1, 0.15) is 32.1 Å². The highest BCUT2D eigenvalue weighted by Crippen LogP contribution is 2.35. The Labute approximate surface area is 171 Å². The average molecular weight is 399 g/mol. The van der Waals surface area contributed by atoms with E-state index in [1.807, 2.05) is 12.1 Å². The van der Waals surface area contributed by atoms with E-state index in [1.54, 1.807) is 29.0 Å². The number of carbonyl (C=O) groups is 3. The number of carbonyl (C=O) groups excluding carboxylic acids is 3. The summed E-state index contributed by atoms with van der Waals surface area (Å²) in [5.41, 5.74) is 7.03. The van der Waals surface area contributed by atoms with Gasteiger partial charge < -0.3 is 15.5 Å². The van der Waals surface area contributed by atoms with Crippen molar-refractivity contribution in [1.29, 1.82) is 0 Å². The van der Waals surface area contributed by atoms with E-state index in [1.165, 1.54) is 11.3 Å². The molecule has 0 radical (unpaired) electrons. The maximum absolute atomic E-state index is 12.8. The monoisotopic (exact) mass is 399 g/mol. The standard InChI is InChI=1S/C21H29N5O3/c1-23(18(27)14-24-11-3-2-4-12-24)15-7-9-16(10-8-15)26-19(20(22)28)17-6-5-13-25(17)21(26)29/h7-10,17,19H,2-6,11-14H2,1H3,(H2,22,28)/t17-,19?/m1/s1. The van der Waals surface area contributed by atoms with E-state index in [9.17, 15) is 14.4 Å². The van der Waals surface area contributed by atoms with Crippen molar-refractivity contribution in [2.24, 2.45) is 5.73 Å². The number of piperidine rings is 1. The molecule has 0 saturated carbocycles. The molecule has 3 heterocycles. The number of primary amides is 1. The fourth-order valence-electron chi connectivity index (χ4n) is 4.77. The Morgan fingerprint density at radius 1 is 1.07 bits per heavy atom. The molecule has 1 aromatic carbocycles. The third kappa shape index (κ3) is 3.69. The van der Waals surface area contributed by atoms with E-state index in [-0.39, 0.29) is 18.0 Å². The minimum Gasteiger partial charge on any atom is -0.368 e. The van der Waals surface area contributed by atoms with Crippen molar-refractivity contribution >= 4 is 29.2 Å². The van der Waals surface area contributed by atoms with E-state index < -0.39 is 11.9 Å². The predicted octanol–water partition coefficient (Wildman–Crippen LogP) is 1.39. The third-order valence-corrected chi connectivity index (χ3v) is 6.38.